The van der Waals surface area contributed by atoms with Crippen LogP contribution in [0.1, 0.15) is 66.8 Å². The predicted molar refractivity (Wildman–Crippen MR) is 169 cm³/mol. The molecule has 1 saturated heterocycles. The number of rotatable bonds is 15. The molecule has 2 heterocycles. The molecule has 0 unspecified atom stereocenters. The van der Waals surface area contributed by atoms with Crippen LogP contribution in [0, 0.1) is 0 Å². The molecule has 3 aromatic rings. The minimum Gasteiger partial charge on any atom is -0.550 e. The summed E-state index contributed by atoms with van der Waals surface area (Å²) >= 11 is 0. The summed E-state index contributed by atoms with van der Waals surface area (Å²) in [6, 6.07) is 4.22. The van der Waals surface area contributed by atoms with E-state index in [4.69, 9.17) is 4.74 Å². The number of benzene rings is 2. The van der Waals surface area contributed by atoms with E-state index in [1.165, 1.54) is 23.4 Å². The van der Waals surface area contributed by atoms with E-state index in [9.17, 15) is 49.4 Å². The van der Waals surface area contributed by atoms with Crippen molar-refractivity contribution in [2.75, 3.05) is 54.1 Å². The molecule has 280 valence electrons. The van der Waals surface area contributed by atoms with Crippen molar-refractivity contribution in [3.8, 4) is 0 Å². The van der Waals surface area contributed by atoms with Crippen molar-refractivity contribution in [1.82, 2.24) is 9.97 Å². The van der Waals surface area contributed by atoms with Crippen molar-refractivity contribution < 1.29 is 83.7 Å². The second kappa shape index (κ2) is 18.7. The van der Waals surface area contributed by atoms with Crippen LogP contribution in [0.2, 0.25) is 0 Å². The normalized spacial score (nSPS) is 13.8. The largest absolute Gasteiger partial charge is 1.00 e. The number of carbonyl (C=O) groups excluding carboxylic acids is 1. The molecule has 1 aliphatic rings. The Kier molecular flexibility index (Phi) is 15.5. The van der Waals surface area contributed by atoms with Gasteiger partial charge in [-0.3, -0.25) is 0 Å². The van der Waals surface area contributed by atoms with Gasteiger partial charge in [0.2, 0.25) is 5.95 Å². The molecular weight excluding hydrogens is 720 g/mol. The summed E-state index contributed by atoms with van der Waals surface area (Å²) in [4.78, 5) is 24.4. The number of carbonyl (C=O) groups is 1. The number of anilines is 3. The van der Waals surface area contributed by atoms with Gasteiger partial charge in [0.15, 0.2) is 0 Å². The van der Waals surface area contributed by atoms with Crippen LogP contribution in [-0.4, -0.2) is 55.3 Å². The average Bonchev–Trinajstić information content (AvgIpc) is 3.07. The molecular formula is C34H37F9N5NaO3. The van der Waals surface area contributed by atoms with E-state index in [1.807, 2.05) is 4.90 Å². The number of morpholine rings is 1. The van der Waals surface area contributed by atoms with E-state index in [0.29, 0.717) is 88.6 Å². The Bertz CT molecular complexity index is 1570. The molecule has 0 amide bonds. The van der Waals surface area contributed by atoms with Gasteiger partial charge in [0.25, 0.3) is 0 Å². The first-order chi connectivity index (χ1) is 24.0. The van der Waals surface area contributed by atoms with Gasteiger partial charge >= 0.3 is 48.1 Å². The number of nitrogens with zero attached hydrogens (tertiary/aromatic N) is 5. The monoisotopic (exact) mass is 757 g/mol. The minimum atomic E-state index is -5.11. The number of hydrogen-bond donors (Lipinski definition) is 0. The third-order valence-electron chi connectivity index (χ3n) is 8.35. The van der Waals surface area contributed by atoms with Crippen LogP contribution < -0.4 is 49.4 Å². The summed E-state index contributed by atoms with van der Waals surface area (Å²) in [6.07, 6.45) is -10.0. The van der Waals surface area contributed by atoms with E-state index in [-0.39, 0.29) is 53.6 Å². The van der Waals surface area contributed by atoms with Gasteiger partial charge in [-0.2, -0.15) is 39.5 Å². The first-order valence-electron chi connectivity index (χ1n) is 16.3. The smallest absolute Gasteiger partial charge is 0.550 e. The molecule has 0 N–H and O–H groups in total. The second-order valence-electron chi connectivity index (χ2n) is 12.1. The van der Waals surface area contributed by atoms with E-state index in [2.05, 4.69) is 9.97 Å². The van der Waals surface area contributed by atoms with Gasteiger partial charge in [-0.15, -0.1) is 0 Å². The molecule has 0 radical (unpaired) electrons. The maximum atomic E-state index is 14.0. The molecule has 4 rings (SSSR count). The van der Waals surface area contributed by atoms with Gasteiger partial charge in [-0.1, -0.05) is 12.8 Å². The first kappa shape index (κ1) is 43.1. The Labute approximate surface area is 317 Å². The van der Waals surface area contributed by atoms with Gasteiger partial charge in [-0.25, -0.2) is 9.97 Å². The van der Waals surface area contributed by atoms with Crippen molar-refractivity contribution in [3.05, 3.63) is 76.6 Å². The van der Waals surface area contributed by atoms with Crippen molar-refractivity contribution in [2.45, 2.75) is 70.6 Å². The second-order valence-corrected chi connectivity index (χ2v) is 12.1. The molecule has 18 heteroatoms. The zero-order valence-electron chi connectivity index (χ0n) is 28.7. The molecule has 0 aliphatic carbocycles. The standard InChI is InChI=1S/C34H38F9N5O3.Na/c1-2-46(10-6-4-3-5-7-30(49)50)29-9-8-25(32(35,36)37)17-24(29)22-48(31-44-19-28(20-45-31)47-11-13-51-14-12-47)21-23-15-26(33(38,39)40)18-27(16-23)34(41,42)43;/h8-9,15-20H,2-7,10-14,21-22H2,1H3,(H,49,50);/q;+1/p-1. The van der Waals surface area contributed by atoms with E-state index >= 15 is 0 Å². The summed E-state index contributed by atoms with van der Waals surface area (Å²) in [5.41, 5.74) is -3.43. The predicted octanol–water partition coefficient (Wildman–Crippen LogP) is 4.11. The summed E-state index contributed by atoms with van der Waals surface area (Å²) in [5, 5.41) is 10.7. The van der Waals surface area contributed by atoms with Gasteiger partial charge in [0.05, 0.1) is 48.0 Å². The molecule has 2 aromatic carbocycles. The molecule has 0 saturated carbocycles. The number of hydrogen-bond acceptors (Lipinski definition) is 8. The molecule has 8 nitrogen and oxygen atoms in total. The topological polar surface area (TPSA) is 84.9 Å². The van der Waals surface area contributed by atoms with Gasteiger partial charge in [0, 0.05) is 50.9 Å². The molecule has 0 bridgehead atoms. The average molecular weight is 758 g/mol. The van der Waals surface area contributed by atoms with Crippen LogP contribution in [-0.2, 0) is 41.1 Å². The number of carboxylic acid groups (broad SMARTS) is 1. The van der Waals surface area contributed by atoms with E-state index in [1.54, 1.807) is 11.8 Å². The van der Waals surface area contributed by atoms with Gasteiger partial charge in [0.1, 0.15) is 0 Å². The van der Waals surface area contributed by atoms with Crippen molar-refractivity contribution in [2.24, 2.45) is 0 Å². The van der Waals surface area contributed by atoms with Crippen LogP contribution in [0.25, 0.3) is 0 Å². The van der Waals surface area contributed by atoms with E-state index < -0.39 is 59.8 Å². The molecule has 0 atom stereocenters. The number of alkyl halides is 9. The maximum absolute atomic E-state index is 14.0. The quantitative estimate of drug-likeness (QED) is 0.130. The number of carboxylic acids is 1. The number of aliphatic carboxylic acids is 1. The number of unbranched alkanes of at least 4 members (excludes halogenated alkanes) is 3. The third-order valence-corrected chi connectivity index (χ3v) is 8.35. The first-order valence-corrected chi connectivity index (χ1v) is 16.3. The summed E-state index contributed by atoms with van der Waals surface area (Å²) in [5.74, 6) is -1.29. The summed E-state index contributed by atoms with van der Waals surface area (Å²) in [6.45, 7) is 3.43. The molecule has 0 spiro atoms. The third kappa shape index (κ3) is 12.4. The SMILES string of the molecule is CCN(CCCCCCC(=O)[O-])c1ccc(C(F)(F)F)cc1CN(Cc1cc(C(F)(F)F)cc(C(F)(F)F)c1)c1ncc(N2CCOCC2)cn1.[Na+]. The fourth-order valence-electron chi connectivity index (χ4n) is 5.77. The zero-order valence-corrected chi connectivity index (χ0v) is 30.7. The number of ether oxygens (including phenoxy) is 1. The molecule has 1 aliphatic heterocycles. The molecule has 1 aromatic heterocycles. The summed E-state index contributed by atoms with van der Waals surface area (Å²) in [7, 11) is 0. The van der Waals surface area contributed by atoms with Crippen LogP contribution in [0.3, 0.4) is 0 Å². The van der Waals surface area contributed by atoms with Gasteiger partial charge < -0.3 is 29.3 Å². The minimum absolute atomic E-state index is 0. The maximum Gasteiger partial charge on any atom is 1.00 e. The summed E-state index contributed by atoms with van der Waals surface area (Å²) < 4.78 is 130. The van der Waals surface area contributed by atoms with Crippen LogP contribution in [0.5, 0.6) is 0 Å². The number of aromatic nitrogens is 2. The van der Waals surface area contributed by atoms with E-state index in [0.717, 1.165) is 12.1 Å². The Morgan fingerprint density at radius 3 is 1.90 bits per heavy atom. The molecule has 1 fully saturated rings. The molecule has 52 heavy (non-hydrogen) atoms. The van der Waals surface area contributed by atoms with Crippen molar-refractivity contribution in [3.63, 3.8) is 0 Å². The Morgan fingerprint density at radius 2 is 1.37 bits per heavy atom. The Morgan fingerprint density at radius 1 is 0.788 bits per heavy atom. The van der Waals surface area contributed by atoms with Crippen LogP contribution in [0.4, 0.5) is 56.8 Å². The number of halogens is 9. The Balaban J connectivity index is 0.00000729. The fraction of sp³-hybridized carbons (Fsp3) is 0.500. The van der Waals surface area contributed by atoms with Crippen LogP contribution in [0.15, 0.2) is 48.8 Å². The Hall–Kier alpha value is -3.28. The van der Waals surface area contributed by atoms with Crippen molar-refractivity contribution >= 4 is 23.3 Å². The fourth-order valence-corrected chi connectivity index (χ4v) is 5.77. The van der Waals surface area contributed by atoms with Crippen molar-refractivity contribution in [1.29, 1.82) is 0 Å². The van der Waals surface area contributed by atoms with Gasteiger partial charge in [-0.05, 0) is 73.7 Å². The van der Waals surface area contributed by atoms with Crippen LogP contribution >= 0.6 is 0 Å². The zero-order chi connectivity index (χ0) is 37.4.